The predicted octanol–water partition coefficient (Wildman–Crippen LogP) is 2.96. The monoisotopic (exact) mass is 269 g/mol. The standard InChI is InChI=1S/C7H6Cl.BrH.Zn/c1-6-2-4-7(8)5-3-6;;/h2-5H,1H2;1H;. The van der Waals surface area contributed by atoms with Crippen molar-refractivity contribution in [2.45, 2.75) is 5.02 Å². The van der Waals surface area contributed by atoms with E-state index in [9.17, 15) is 0 Å². The molecule has 0 atom stereocenters. The van der Waals surface area contributed by atoms with Gasteiger partial charge in [-0.1, -0.05) is 0 Å². The molecule has 51 valence electrons. The Labute approximate surface area is 86.4 Å². The summed E-state index contributed by atoms with van der Waals surface area (Å²) >= 11 is 7.00. The molecule has 0 unspecified atom stereocenters. The Balaban J connectivity index is 0.000000810. The fraction of sp³-hybridized carbons (Fsp3) is 0.143. The van der Waals surface area contributed by atoms with Crippen molar-refractivity contribution in [1.82, 2.24) is 0 Å². The van der Waals surface area contributed by atoms with Gasteiger partial charge in [-0.3, -0.25) is 0 Å². The second-order valence-electron chi connectivity index (χ2n) is 1.88. The zero-order chi connectivity index (χ0) is 6.69. The molecule has 0 aliphatic heterocycles. The SMILES string of the molecule is Br.Clc1ccc([CH2][Zn])cc1. The predicted molar refractivity (Wildman–Crippen MR) is 45.5 cm³/mol. The maximum absolute atomic E-state index is 5.68. The van der Waals surface area contributed by atoms with Gasteiger partial charge in [-0.05, 0) is 0 Å². The van der Waals surface area contributed by atoms with Crippen molar-refractivity contribution in [2.75, 3.05) is 0 Å². The van der Waals surface area contributed by atoms with Crippen LogP contribution in [0.2, 0.25) is 5.02 Å². The van der Waals surface area contributed by atoms with Gasteiger partial charge in [0.15, 0.2) is 0 Å². The van der Waals surface area contributed by atoms with Crippen molar-refractivity contribution in [3.63, 3.8) is 0 Å². The minimum atomic E-state index is 0. The average Bonchev–Trinajstić information content (AvgIpc) is 1.90. The molecule has 0 spiro atoms. The second kappa shape index (κ2) is 5.29. The molecular weight excluding hydrogens is 265 g/mol. The third kappa shape index (κ3) is 3.14. The second-order valence-corrected chi connectivity index (χ2v) is 3.36. The molecule has 1 aromatic rings. The topological polar surface area (TPSA) is 0 Å². The number of halogens is 2. The average molecular weight is 272 g/mol. The molecule has 1 aromatic carbocycles. The van der Waals surface area contributed by atoms with E-state index in [1.807, 2.05) is 12.1 Å². The zero-order valence-corrected chi connectivity index (χ0v) is 10.9. The first-order valence-electron chi connectivity index (χ1n) is 2.86. The first-order chi connectivity index (χ1) is 4.33. The Morgan fingerprint density at radius 3 is 2.10 bits per heavy atom. The Morgan fingerprint density at radius 1 is 1.20 bits per heavy atom. The third-order valence-electron chi connectivity index (χ3n) is 1.20. The number of hydrogen-bond acceptors (Lipinski definition) is 0. The fourth-order valence-corrected chi connectivity index (χ4v) is 1.48. The summed E-state index contributed by atoms with van der Waals surface area (Å²) in [5.41, 5.74) is 1.39. The van der Waals surface area contributed by atoms with Crippen LogP contribution in [0.4, 0.5) is 0 Å². The number of hydrogen-bond donors (Lipinski definition) is 0. The molecular formula is C7H7BrClZn. The van der Waals surface area contributed by atoms with Gasteiger partial charge in [-0.2, -0.15) is 0 Å². The van der Waals surface area contributed by atoms with E-state index < -0.39 is 0 Å². The van der Waals surface area contributed by atoms with Crippen molar-refractivity contribution in [3.05, 3.63) is 34.9 Å². The van der Waals surface area contributed by atoms with Crippen LogP contribution in [0, 0.1) is 0 Å². The molecule has 0 nitrogen and oxygen atoms in total. The molecule has 0 fully saturated rings. The third-order valence-corrected chi connectivity index (χ3v) is 2.67. The number of benzene rings is 1. The van der Waals surface area contributed by atoms with Crippen LogP contribution >= 0.6 is 28.6 Å². The minimum absolute atomic E-state index is 0. The van der Waals surface area contributed by atoms with Gasteiger partial charge in [-0.15, -0.1) is 17.0 Å². The van der Waals surface area contributed by atoms with E-state index in [0.29, 0.717) is 0 Å². The van der Waals surface area contributed by atoms with E-state index in [4.69, 9.17) is 11.6 Å². The molecule has 0 amide bonds. The van der Waals surface area contributed by atoms with Gasteiger partial charge < -0.3 is 0 Å². The van der Waals surface area contributed by atoms with E-state index >= 15 is 0 Å². The first kappa shape index (κ1) is 10.6. The molecule has 0 aliphatic carbocycles. The van der Waals surface area contributed by atoms with Crippen LogP contribution in [0.5, 0.6) is 0 Å². The van der Waals surface area contributed by atoms with Gasteiger partial charge in [0, 0.05) is 0 Å². The van der Waals surface area contributed by atoms with Crippen LogP contribution in [0.15, 0.2) is 24.3 Å². The van der Waals surface area contributed by atoms with Crippen molar-refractivity contribution >= 4 is 28.6 Å². The molecule has 0 N–H and O–H groups in total. The van der Waals surface area contributed by atoms with Crippen LogP contribution < -0.4 is 0 Å². The van der Waals surface area contributed by atoms with Crippen molar-refractivity contribution in [1.29, 1.82) is 0 Å². The Morgan fingerprint density at radius 2 is 1.70 bits per heavy atom. The maximum atomic E-state index is 5.68. The van der Waals surface area contributed by atoms with Crippen molar-refractivity contribution in [2.24, 2.45) is 0 Å². The van der Waals surface area contributed by atoms with E-state index in [2.05, 4.69) is 12.1 Å². The van der Waals surface area contributed by atoms with Crippen LogP contribution in [0.3, 0.4) is 0 Å². The number of rotatable bonds is 1. The van der Waals surface area contributed by atoms with E-state index in [1.165, 1.54) is 28.9 Å². The Hall–Kier alpha value is 0.613. The molecule has 10 heavy (non-hydrogen) atoms. The van der Waals surface area contributed by atoms with Gasteiger partial charge >= 0.3 is 69.8 Å². The van der Waals surface area contributed by atoms with Gasteiger partial charge in [0.05, 0.1) is 0 Å². The van der Waals surface area contributed by atoms with Crippen molar-refractivity contribution < 1.29 is 18.3 Å². The normalized spacial score (nSPS) is 8.70. The molecule has 0 aliphatic rings. The molecule has 3 heteroatoms. The van der Waals surface area contributed by atoms with Gasteiger partial charge in [-0.25, -0.2) is 0 Å². The molecule has 0 aromatic heterocycles. The zero-order valence-electron chi connectivity index (χ0n) is 5.51. The quantitative estimate of drug-likeness (QED) is 0.689. The van der Waals surface area contributed by atoms with Crippen molar-refractivity contribution in [3.8, 4) is 0 Å². The van der Waals surface area contributed by atoms with Crippen LogP contribution in [-0.4, -0.2) is 0 Å². The van der Waals surface area contributed by atoms with Gasteiger partial charge in [0.25, 0.3) is 0 Å². The Bertz CT molecular complexity index is 185. The molecule has 0 heterocycles. The van der Waals surface area contributed by atoms with Crippen LogP contribution in [-0.2, 0) is 23.3 Å². The molecule has 0 saturated carbocycles. The van der Waals surface area contributed by atoms with E-state index in [-0.39, 0.29) is 17.0 Å². The summed E-state index contributed by atoms with van der Waals surface area (Å²) in [5.74, 6) is 0. The summed E-state index contributed by atoms with van der Waals surface area (Å²) in [5, 5.41) is 2.03. The summed E-state index contributed by atoms with van der Waals surface area (Å²) < 4.78 is 0. The molecule has 1 rings (SSSR count). The molecule has 0 saturated heterocycles. The summed E-state index contributed by atoms with van der Waals surface area (Å²) in [6, 6.07) is 8.02. The van der Waals surface area contributed by atoms with E-state index in [0.717, 1.165) is 5.02 Å². The molecule has 0 radical (unpaired) electrons. The summed E-state index contributed by atoms with van der Waals surface area (Å²) in [6.45, 7) is 0. The van der Waals surface area contributed by atoms with Gasteiger partial charge in [0.2, 0.25) is 0 Å². The van der Waals surface area contributed by atoms with Gasteiger partial charge in [0.1, 0.15) is 0 Å². The first-order valence-corrected chi connectivity index (χ1v) is 5.34. The van der Waals surface area contributed by atoms with Crippen LogP contribution in [0.25, 0.3) is 0 Å². The molecule has 0 bridgehead atoms. The fourth-order valence-electron chi connectivity index (χ4n) is 0.651. The van der Waals surface area contributed by atoms with E-state index in [1.54, 1.807) is 0 Å². The Kier molecular flexibility index (Phi) is 5.61. The van der Waals surface area contributed by atoms with Crippen LogP contribution in [0.1, 0.15) is 5.56 Å². The summed E-state index contributed by atoms with van der Waals surface area (Å²) in [7, 11) is 0. The summed E-state index contributed by atoms with van der Waals surface area (Å²) in [4.78, 5) is 0. The summed E-state index contributed by atoms with van der Waals surface area (Å²) in [6.07, 6.45) is 0.